The highest BCUT2D eigenvalue weighted by atomic mass is 16.5. The van der Waals surface area contributed by atoms with Gasteiger partial charge < -0.3 is 19.9 Å². The average Bonchev–Trinajstić information content (AvgIpc) is 2.37. The number of carboxylic acids is 1. The number of rotatable bonds is 5. The first-order valence-corrected chi connectivity index (χ1v) is 5.12. The van der Waals surface area contributed by atoms with E-state index in [2.05, 4.69) is 15.0 Å². The minimum absolute atomic E-state index is 0.0736. The highest BCUT2D eigenvalue weighted by molar-refractivity contribution is 5.92. The van der Waals surface area contributed by atoms with Crippen LogP contribution in [0.15, 0.2) is 12.1 Å². The zero-order valence-corrected chi connectivity index (χ0v) is 10.3. The van der Waals surface area contributed by atoms with Crippen molar-refractivity contribution in [3.05, 3.63) is 17.7 Å². The van der Waals surface area contributed by atoms with E-state index in [-0.39, 0.29) is 11.4 Å². The molecule has 0 amide bonds. The summed E-state index contributed by atoms with van der Waals surface area (Å²) in [5.74, 6) is -1.20. The van der Waals surface area contributed by atoms with Gasteiger partial charge in [-0.15, -0.1) is 0 Å². The number of aliphatic carboxylic acids is 1. The number of esters is 1. The van der Waals surface area contributed by atoms with Crippen LogP contribution in [0.25, 0.3) is 0 Å². The number of hydrogen-bond acceptors (Lipinski definition) is 6. The Hall–Kier alpha value is -2.31. The molecule has 0 spiro atoms. The molecule has 2 N–H and O–H groups in total. The maximum Gasteiger partial charge on any atom is 0.343 e. The van der Waals surface area contributed by atoms with Crippen LogP contribution in [0.1, 0.15) is 17.3 Å². The summed E-state index contributed by atoms with van der Waals surface area (Å²) in [7, 11) is 2.61. The molecule has 0 radical (unpaired) electrons. The molecule has 98 valence electrons. The van der Waals surface area contributed by atoms with Gasteiger partial charge in [-0.05, 0) is 19.1 Å². The van der Waals surface area contributed by atoms with E-state index in [0.717, 1.165) is 0 Å². The fourth-order valence-electron chi connectivity index (χ4n) is 1.23. The fourth-order valence-corrected chi connectivity index (χ4v) is 1.23. The van der Waals surface area contributed by atoms with Gasteiger partial charge in [0, 0.05) is 0 Å². The fraction of sp³-hybridized carbons (Fsp3) is 0.364. The number of aromatic nitrogens is 1. The predicted molar refractivity (Wildman–Crippen MR) is 62.8 cm³/mol. The molecule has 0 aromatic carbocycles. The molecular formula is C11H14N2O5. The summed E-state index contributed by atoms with van der Waals surface area (Å²) in [5.41, 5.74) is 0.175. The van der Waals surface area contributed by atoms with Crippen molar-refractivity contribution in [3.8, 4) is 5.88 Å². The first-order chi connectivity index (χ1) is 8.49. The number of methoxy groups -OCH3 is 2. The molecular weight excluding hydrogens is 240 g/mol. The summed E-state index contributed by atoms with van der Waals surface area (Å²) >= 11 is 0. The van der Waals surface area contributed by atoms with Crippen molar-refractivity contribution in [2.45, 2.75) is 13.0 Å². The standard InChI is InChI=1S/C11H14N2O5/c1-6(10(14)15)12-8-5-4-7(11(16)18-3)9(13-8)17-2/h4-6H,1-3H3,(H,12,13)(H,14,15)/t6-/m1/s1. The lowest BCUT2D eigenvalue weighted by Gasteiger charge is -2.12. The number of pyridine rings is 1. The van der Waals surface area contributed by atoms with Gasteiger partial charge in [0.05, 0.1) is 14.2 Å². The molecule has 1 atom stereocenters. The zero-order chi connectivity index (χ0) is 13.7. The van der Waals surface area contributed by atoms with Crippen molar-refractivity contribution in [1.29, 1.82) is 0 Å². The van der Waals surface area contributed by atoms with Gasteiger partial charge in [-0.1, -0.05) is 0 Å². The van der Waals surface area contributed by atoms with Gasteiger partial charge in [-0.2, -0.15) is 4.98 Å². The van der Waals surface area contributed by atoms with E-state index >= 15 is 0 Å². The molecule has 0 bridgehead atoms. The minimum Gasteiger partial charge on any atom is -0.480 e. The second kappa shape index (κ2) is 5.85. The molecule has 0 saturated carbocycles. The van der Waals surface area contributed by atoms with Gasteiger partial charge in [0.15, 0.2) is 0 Å². The molecule has 18 heavy (non-hydrogen) atoms. The van der Waals surface area contributed by atoms with Crippen LogP contribution in [0.3, 0.4) is 0 Å². The SMILES string of the molecule is COC(=O)c1ccc(N[C@H](C)C(=O)O)nc1OC. The van der Waals surface area contributed by atoms with Crippen LogP contribution in [-0.4, -0.2) is 42.3 Å². The summed E-state index contributed by atoms with van der Waals surface area (Å²) in [6.07, 6.45) is 0. The molecule has 1 heterocycles. The molecule has 1 aromatic rings. The van der Waals surface area contributed by atoms with Gasteiger partial charge in [0.1, 0.15) is 17.4 Å². The molecule has 7 heteroatoms. The van der Waals surface area contributed by atoms with Crippen LogP contribution >= 0.6 is 0 Å². The molecule has 1 aromatic heterocycles. The second-order valence-corrected chi connectivity index (χ2v) is 3.45. The van der Waals surface area contributed by atoms with Crippen LogP contribution in [-0.2, 0) is 9.53 Å². The van der Waals surface area contributed by atoms with Gasteiger partial charge in [-0.25, -0.2) is 4.79 Å². The Kier molecular flexibility index (Phi) is 4.47. The normalized spacial score (nSPS) is 11.5. The van der Waals surface area contributed by atoms with E-state index in [1.807, 2.05) is 0 Å². The lowest BCUT2D eigenvalue weighted by Crippen LogP contribution is -2.26. The van der Waals surface area contributed by atoms with Crippen molar-refractivity contribution in [3.63, 3.8) is 0 Å². The maximum absolute atomic E-state index is 11.4. The van der Waals surface area contributed by atoms with Crippen molar-refractivity contribution < 1.29 is 24.2 Å². The number of nitrogens with zero attached hydrogens (tertiary/aromatic N) is 1. The van der Waals surface area contributed by atoms with E-state index in [4.69, 9.17) is 9.84 Å². The summed E-state index contributed by atoms with van der Waals surface area (Å²) < 4.78 is 9.52. The van der Waals surface area contributed by atoms with Gasteiger partial charge >= 0.3 is 11.9 Å². The number of anilines is 1. The predicted octanol–water partition coefficient (Wildman–Crippen LogP) is 0.762. The smallest absolute Gasteiger partial charge is 0.343 e. The van der Waals surface area contributed by atoms with E-state index < -0.39 is 18.0 Å². The third-order valence-electron chi connectivity index (χ3n) is 2.19. The first-order valence-electron chi connectivity index (χ1n) is 5.12. The van der Waals surface area contributed by atoms with Crippen molar-refractivity contribution in [1.82, 2.24) is 4.98 Å². The monoisotopic (exact) mass is 254 g/mol. The van der Waals surface area contributed by atoms with Crippen LogP contribution in [0.2, 0.25) is 0 Å². The topological polar surface area (TPSA) is 97.8 Å². The molecule has 1 rings (SSSR count). The van der Waals surface area contributed by atoms with Gasteiger partial charge in [-0.3, -0.25) is 4.79 Å². The van der Waals surface area contributed by atoms with Crippen molar-refractivity contribution >= 4 is 17.8 Å². The Morgan fingerprint density at radius 3 is 2.56 bits per heavy atom. The summed E-state index contributed by atoms with van der Waals surface area (Å²) in [5, 5.41) is 11.4. The zero-order valence-electron chi connectivity index (χ0n) is 10.3. The van der Waals surface area contributed by atoms with Crippen LogP contribution in [0.5, 0.6) is 5.88 Å². The van der Waals surface area contributed by atoms with Crippen LogP contribution < -0.4 is 10.1 Å². The molecule has 0 aliphatic rings. The molecule has 0 aliphatic carbocycles. The quantitative estimate of drug-likeness (QED) is 0.748. The molecule has 0 fully saturated rings. The largest absolute Gasteiger partial charge is 0.480 e. The van der Waals surface area contributed by atoms with E-state index in [0.29, 0.717) is 5.82 Å². The van der Waals surface area contributed by atoms with Gasteiger partial charge in [0.25, 0.3) is 0 Å². The Bertz CT molecular complexity index is 461. The van der Waals surface area contributed by atoms with E-state index in [1.165, 1.54) is 33.3 Å². The van der Waals surface area contributed by atoms with Crippen LogP contribution in [0.4, 0.5) is 5.82 Å². The van der Waals surface area contributed by atoms with Crippen molar-refractivity contribution in [2.24, 2.45) is 0 Å². The maximum atomic E-state index is 11.4. The molecule has 7 nitrogen and oxygen atoms in total. The molecule has 0 unspecified atom stereocenters. The number of hydrogen-bond donors (Lipinski definition) is 2. The number of carbonyl (C=O) groups excluding carboxylic acids is 1. The number of ether oxygens (including phenoxy) is 2. The number of nitrogens with one attached hydrogen (secondary N) is 1. The molecule has 0 aliphatic heterocycles. The Labute approximate surface area is 104 Å². The van der Waals surface area contributed by atoms with E-state index in [9.17, 15) is 9.59 Å². The van der Waals surface area contributed by atoms with Gasteiger partial charge in [0.2, 0.25) is 5.88 Å². The number of carbonyl (C=O) groups is 2. The Morgan fingerprint density at radius 1 is 1.39 bits per heavy atom. The lowest BCUT2D eigenvalue weighted by molar-refractivity contribution is -0.137. The third kappa shape index (κ3) is 3.09. The number of carboxylic acid groups (broad SMARTS) is 1. The highest BCUT2D eigenvalue weighted by Crippen LogP contribution is 2.19. The highest BCUT2D eigenvalue weighted by Gasteiger charge is 2.16. The summed E-state index contributed by atoms with van der Waals surface area (Å²) in [6.45, 7) is 1.48. The lowest BCUT2D eigenvalue weighted by atomic mass is 10.2. The Balaban J connectivity index is 2.98. The first kappa shape index (κ1) is 13.8. The molecule has 0 saturated heterocycles. The minimum atomic E-state index is -1.01. The van der Waals surface area contributed by atoms with Crippen LogP contribution in [0, 0.1) is 0 Å². The van der Waals surface area contributed by atoms with E-state index in [1.54, 1.807) is 0 Å². The third-order valence-corrected chi connectivity index (χ3v) is 2.19. The van der Waals surface area contributed by atoms with Crippen molar-refractivity contribution in [2.75, 3.05) is 19.5 Å². The summed E-state index contributed by atoms with van der Waals surface area (Å²) in [4.78, 5) is 26.0. The second-order valence-electron chi connectivity index (χ2n) is 3.45. The average molecular weight is 254 g/mol. The Morgan fingerprint density at radius 2 is 2.06 bits per heavy atom. The summed E-state index contributed by atoms with van der Waals surface area (Å²) in [6, 6.07) is 2.13.